The molecule has 0 spiro atoms. The molecule has 1 rings (SSSR count). The fraction of sp³-hybridized carbons (Fsp3) is 0.667. The second kappa shape index (κ2) is 6.17. The number of nitrogens with zero attached hydrogens (tertiary/aromatic N) is 3. The number of hydrogen-bond donors (Lipinski definition) is 0. The Morgan fingerprint density at radius 2 is 2.18 bits per heavy atom. The highest BCUT2D eigenvalue weighted by Gasteiger charge is 2.18. The van der Waals surface area contributed by atoms with Crippen LogP contribution in [-0.2, 0) is 6.54 Å². The Balaban J connectivity index is 2.82. The molecule has 1 aromatic heterocycles. The van der Waals surface area contributed by atoms with Gasteiger partial charge in [-0.05, 0) is 20.0 Å². The highest BCUT2D eigenvalue weighted by Crippen LogP contribution is 2.18. The third-order valence-corrected chi connectivity index (χ3v) is 2.69. The Labute approximate surface area is 108 Å². The first-order valence-corrected chi connectivity index (χ1v) is 6.18. The minimum Gasteiger partial charge on any atom is -0.308 e. The van der Waals surface area contributed by atoms with Gasteiger partial charge in [-0.25, -0.2) is 0 Å². The van der Waals surface area contributed by atoms with Gasteiger partial charge in [0.2, 0.25) is 0 Å². The predicted octanol–water partition coefficient (Wildman–Crippen LogP) is 2.33. The number of likely N-dealkylation sites (N-methyl/N-ethyl adjacent to an activating group) is 1. The van der Waals surface area contributed by atoms with Crippen molar-refractivity contribution in [1.29, 1.82) is 0 Å². The Kier molecular flexibility index (Phi) is 5.15. The summed E-state index contributed by atoms with van der Waals surface area (Å²) >= 11 is 6.02. The average molecular weight is 258 g/mol. The maximum atomic E-state index is 12.0. The molecule has 0 aliphatic carbocycles. The van der Waals surface area contributed by atoms with E-state index in [4.69, 9.17) is 11.6 Å². The van der Waals surface area contributed by atoms with E-state index in [9.17, 15) is 4.79 Å². The zero-order valence-electron chi connectivity index (χ0n) is 10.9. The Morgan fingerprint density at radius 1 is 1.53 bits per heavy atom. The number of ketones is 1. The van der Waals surface area contributed by atoms with Gasteiger partial charge in [0.15, 0.2) is 5.78 Å². The third kappa shape index (κ3) is 4.13. The van der Waals surface area contributed by atoms with E-state index in [-0.39, 0.29) is 5.78 Å². The van der Waals surface area contributed by atoms with Crippen molar-refractivity contribution in [3.8, 4) is 0 Å². The van der Waals surface area contributed by atoms with Gasteiger partial charge < -0.3 is 4.90 Å². The van der Waals surface area contributed by atoms with Crippen LogP contribution >= 0.6 is 11.6 Å². The number of halogens is 1. The number of carbonyl (C=O) groups excluding carboxylic acids is 1. The summed E-state index contributed by atoms with van der Waals surface area (Å²) in [5.41, 5.74) is 0.544. The molecule has 17 heavy (non-hydrogen) atoms. The van der Waals surface area contributed by atoms with E-state index in [2.05, 4.69) is 5.10 Å². The lowest BCUT2D eigenvalue weighted by atomic mass is 10.1. The number of aromatic nitrogens is 2. The molecular weight excluding hydrogens is 238 g/mol. The van der Waals surface area contributed by atoms with Gasteiger partial charge >= 0.3 is 0 Å². The van der Waals surface area contributed by atoms with E-state index in [0.29, 0.717) is 29.6 Å². The molecule has 0 aromatic carbocycles. The SMILES string of the molecule is CC(C)CC(=O)c1c(Cl)cnn1CCN(C)C. The van der Waals surface area contributed by atoms with Gasteiger partial charge in [0, 0.05) is 13.0 Å². The molecule has 0 unspecified atom stereocenters. The van der Waals surface area contributed by atoms with E-state index >= 15 is 0 Å². The zero-order valence-corrected chi connectivity index (χ0v) is 11.7. The van der Waals surface area contributed by atoms with Gasteiger partial charge in [-0.3, -0.25) is 9.48 Å². The Hall–Kier alpha value is -0.870. The van der Waals surface area contributed by atoms with E-state index in [1.165, 1.54) is 0 Å². The summed E-state index contributed by atoms with van der Waals surface area (Å²) in [5.74, 6) is 0.400. The van der Waals surface area contributed by atoms with Crippen molar-refractivity contribution >= 4 is 17.4 Å². The van der Waals surface area contributed by atoms with Crippen molar-refractivity contribution in [2.75, 3.05) is 20.6 Å². The molecule has 0 aliphatic rings. The van der Waals surface area contributed by atoms with Gasteiger partial charge in [0.05, 0.1) is 17.8 Å². The number of Topliss-reactive ketones (excluding diaryl/α,β-unsaturated/α-hetero) is 1. The van der Waals surface area contributed by atoms with Gasteiger partial charge in [0.25, 0.3) is 0 Å². The molecule has 0 atom stereocenters. The van der Waals surface area contributed by atoms with Crippen LogP contribution in [0.2, 0.25) is 5.02 Å². The molecule has 4 nitrogen and oxygen atoms in total. The molecule has 1 heterocycles. The molecule has 5 heteroatoms. The molecule has 0 bridgehead atoms. The van der Waals surface area contributed by atoms with Crippen LogP contribution in [-0.4, -0.2) is 41.1 Å². The Morgan fingerprint density at radius 3 is 2.71 bits per heavy atom. The van der Waals surface area contributed by atoms with Gasteiger partial charge in [-0.2, -0.15) is 5.10 Å². The van der Waals surface area contributed by atoms with Crippen LogP contribution in [0.25, 0.3) is 0 Å². The fourth-order valence-corrected chi connectivity index (χ4v) is 1.82. The first-order chi connectivity index (χ1) is 7.91. The lowest BCUT2D eigenvalue weighted by molar-refractivity contribution is 0.0956. The zero-order chi connectivity index (χ0) is 13.0. The van der Waals surface area contributed by atoms with Crippen molar-refractivity contribution < 1.29 is 4.79 Å². The second-order valence-corrected chi connectivity index (χ2v) is 5.30. The van der Waals surface area contributed by atoms with Crippen molar-refractivity contribution in [1.82, 2.24) is 14.7 Å². The molecule has 0 saturated carbocycles. The monoisotopic (exact) mass is 257 g/mol. The largest absolute Gasteiger partial charge is 0.308 e. The lowest BCUT2D eigenvalue weighted by Gasteiger charge is -2.12. The highest BCUT2D eigenvalue weighted by atomic mass is 35.5. The van der Waals surface area contributed by atoms with Crippen LogP contribution in [0.4, 0.5) is 0 Å². The van der Waals surface area contributed by atoms with Crippen LogP contribution in [0.15, 0.2) is 6.20 Å². The molecule has 0 amide bonds. The lowest BCUT2D eigenvalue weighted by Crippen LogP contribution is -2.21. The summed E-state index contributed by atoms with van der Waals surface area (Å²) in [6.45, 7) is 5.55. The van der Waals surface area contributed by atoms with Gasteiger partial charge in [-0.15, -0.1) is 0 Å². The summed E-state index contributed by atoms with van der Waals surface area (Å²) in [5, 5.41) is 4.61. The number of rotatable bonds is 6. The summed E-state index contributed by atoms with van der Waals surface area (Å²) < 4.78 is 1.70. The van der Waals surface area contributed by atoms with Gasteiger partial charge in [-0.1, -0.05) is 25.4 Å². The van der Waals surface area contributed by atoms with Gasteiger partial charge in [0.1, 0.15) is 5.69 Å². The summed E-state index contributed by atoms with van der Waals surface area (Å²) in [4.78, 5) is 14.1. The minimum atomic E-state index is 0.0706. The van der Waals surface area contributed by atoms with Crippen LogP contribution in [0.1, 0.15) is 30.8 Å². The molecule has 0 saturated heterocycles. The summed E-state index contributed by atoms with van der Waals surface area (Å²) in [7, 11) is 3.97. The van der Waals surface area contributed by atoms with E-state index < -0.39 is 0 Å². The molecule has 0 N–H and O–H groups in total. The maximum Gasteiger partial charge on any atom is 0.182 e. The molecule has 1 aromatic rings. The molecule has 0 aliphatic heterocycles. The average Bonchev–Trinajstić information content (AvgIpc) is 2.55. The van der Waals surface area contributed by atoms with Crippen molar-refractivity contribution in [3.05, 3.63) is 16.9 Å². The van der Waals surface area contributed by atoms with Crippen LogP contribution in [0, 0.1) is 5.92 Å². The first-order valence-electron chi connectivity index (χ1n) is 5.81. The molecule has 0 radical (unpaired) electrons. The summed E-state index contributed by atoms with van der Waals surface area (Å²) in [6, 6.07) is 0. The second-order valence-electron chi connectivity index (χ2n) is 4.89. The van der Waals surface area contributed by atoms with Crippen molar-refractivity contribution in [3.63, 3.8) is 0 Å². The standard InChI is InChI=1S/C12H20ClN3O/c1-9(2)7-11(17)12-10(13)8-14-16(12)6-5-15(3)4/h8-9H,5-7H2,1-4H3. The fourth-order valence-electron chi connectivity index (χ4n) is 1.57. The normalized spacial score (nSPS) is 11.5. The topological polar surface area (TPSA) is 38.1 Å². The van der Waals surface area contributed by atoms with E-state index in [1.807, 2.05) is 32.8 Å². The number of hydrogen-bond acceptors (Lipinski definition) is 3. The van der Waals surface area contributed by atoms with Crippen molar-refractivity contribution in [2.24, 2.45) is 5.92 Å². The number of carbonyl (C=O) groups is 1. The smallest absolute Gasteiger partial charge is 0.182 e. The van der Waals surface area contributed by atoms with Crippen LogP contribution < -0.4 is 0 Å². The summed E-state index contributed by atoms with van der Waals surface area (Å²) in [6.07, 6.45) is 2.05. The first kappa shape index (κ1) is 14.2. The highest BCUT2D eigenvalue weighted by molar-refractivity contribution is 6.33. The minimum absolute atomic E-state index is 0.0706. The molecule has 96 valence electrons. The van der Waals surface area contributed by atoms with Crippen molar-refractivity contribution in [2.45, 2.75) is 26.8 Å². The van der Waals surface area contributed by atoms with Crippen LogP contribution in [0.3, 0.4) is 0 Å². The predicted molar refractivity (Wildman–Crippen MR) is 69.6 cm³/mol. The van der Waals surface area contributed by atoms with E-state index in [1.54, 1.807) is 10.9 Å². The quantitative estimate of drug-likeness (QED) is 0.734. The third-order valence-electron chi connectivity index (χ3n) is 2.41. The molecular formula is C12H20ClN3O. The van der Waals surface area contributed by atoms with E-state index in [0.717, 1.165) is 6.54 Å². The maximum absolute atomic E-state index is 12.0. The van der Waals surface area contributed by atoms with Crippen LogP contribution in [0.5, 0.6) is 0 Å². The Bertz CT molecular complexity index is 385. The molecule has 0 fully saturated rings.